The van der Waals surface area contributed by atoms with Crippen molar-refractivity contribution in [2.24, 2.45) is 4.99 Å². The molecule has 1 aliphatic heterocycles. The first-order chi connectivity index (χ1) is 15.5. The minimum atomic E-state index is -4.40. The van der Waals surface area contributed by atoms with Crippen molar-refractivity contribution in [3.63, 3.8) is 0 Å². The van der Waals surface area contributed by atoms with E-state index in [4.69, 9.17) is 4.74 Å². The van der Waals surface area contributed by atoms with E-state index in [1.54, 1.807) is 19.3 Å². The fourth-order valence-corrected chi connectivity index (χ4v) is 4.39. The van der Waals surface area contributed by atoms with Gasteiger partial charge >= 0.3 is 6.18 Å². The second-order valence-corrected chi connectivity index (χ2v) is 9.53. The lowest BCUT2D eigenvalue weighted by atomic mass is 9.98. The number of fused-ring (bicyclic) bond motifs is 2. The lowest BCUT2D eigenvalue weighted by molar-refractivity contribution is -0.137. The molecule has 1 amide bonds. The number of hydrogen-bond acceptors (Lipinski definition) is 7. The van der Waals surface area contributed by atoms with Crippen LogP contribution >= 0.6 is 11.3 Å². The number of amides is 1. The van der Waals surface area contributed by atoms with E-state index >= 15 is 0 Å². The van der Waals surface area contributed by atoms with Gasteiger partial charge in [-0.2, -0.15) is 13.2 Å². The maximum atomic E-state index is 13.0. The van der Waals surface area contributed by atoms with E-state index in [0.29, 0.717) is 33.4 Å². The Morgan fingerprint density at radius 3 is 2.76 bits per heavy atom. The number of methoxy groups -OCH3 is 1. The van der Waals surface area contributed by atoms with Gasteiger partial charge in [0.2, 0.25) is 5.96 Å². The maximum Gasteiger partial charge on any atom is 0.416 e. The summed E-state index contributed by atoms with van der Waals surface area (Å²) in [5.41, 5.74) is -0.187. The average Bonchev–Trinajstić information content (AvgIpc) is 3.31. The smallest absolute Gasteiger partial charge is 0.377 e. The highest BCUT2D eigenvalue weighted by Crippen LogP contribution is 2.35. The fourth-order valence-electron chi connectivity index (χ4n) is 3.49. The minimum Gasteiger partial charge on any atom is -0.377 e. The molecule has 11 heteroatoms. The second-order valence-electron chi connectivity index (χ2n) is 8.50. The number of alkyl halides is 3. The molecule has 176 valence electrons. The van der Waals surface area contributed by atoms with Crippen LogP contribution in [0.5, 0.6) is 0 Å². The fraction of sp³-hybridized carbons (Fsp3) is 0.409. The normalized spacial score (nSPS) is 20.5. The Balaban J connectivity index is 1.49. The predicted molar refractivity (Wildman–Crippen MR) is 122 cm³/mol. The van der Waals surface area contributed by atoms with Crippen molar-refractivity contribution >= 4 is 38.6 Å². The number of likely N-dealkylation sites (N-methyl/N-ethyl adjacent to an activating group) is 1. The van der Waals surface area contributed by atoms with Crippen molar-refractivity contribution in [3.05, 3.63) is 47.6 Å². The zero-order valence-corrected chi connectivity index (χ0v) is 19.3. The molecule has 0 spiro atoms. The molecule has 2 aromatic rings. The molecule has 0 saturated heterocycles. The third kappa shape index (κ3) is 4.88. The summed E-state index contributed by atoms with van der Waals surface area (Å²) in [7, 11) is 3.45. The Bertz CT molecular complexity index is 1170. The molecule has 33 heavy (non-hydrogen) atoms. The number of guanidine groups is 1. The molecule has 2 heterocycles. The van der Waals surface area contributed by atoms with Crippen LogP contribution in [0, 0.1) is 0 Å². The molecule has 0 fully saturated rings. The van der Waals surface area contributed by atoms with Crippen molar-refractivity contribution in [1.29, 1.82) is 0 Å². The van der Waals surface area contributed by atoms with Gasteiger partial charge in [0.15, 0.2) is 5.13 Å². The van der Waals surface area contributed by atoms with Crippen LogP contribution < -0.4 is 10.6 Å². The highest BCUT2D eigenvalue weighted by molar-refractivity contribution is 7.22. The summed E-state index contributed by atoms with van der Waals surface area (Å²) >= 11 is 1.13. The number of benzene rings is 1. The van der Waals surface area contributed by atoms with E-state index in [-0.39, 0.29) is 18.0 Å². The van der Waals surface area contributed by atoms with Crippen molar-refractivity contribution in [2.75, 3.05) is 26.0 Å². The molecule has 0 bridgehead atoms. The van der Waals surface area contributed by atoms with Crippen molar-refractivity contribution in [2.45, 2.75) is 37.7 Å². The number of hydrogen-bond donors (Lipinski definition) is 2. The van der Waals surface area contributed by atoms with Crippen LogP contribution in [0.4, 0.5) is 18.3 Å². The monoisotopic (exact) mass is 479 g/mol. The number of carbonyl (C=O) groups is 1. The van der Waals surface area contributed by atoms with Crippen LogP contribution in [-0.2, 0) is 15.7 Å². The third-order valence-electron chi connectivity index (χ3n) is 5.65. The molecule has 2 unspecified atom stereocenters. The van der Waals surface area contributed by atoms with Crippen molar-refractivity contribution in [1.82, 2.24) is 15.2 Å². The maximum absolute atomic E-state index is 13.0. The van der Waals surface area contributed by atoms with E-state index < -0.39 is 17.3 Å². The highest BCUT2D eigenvalue weighted by Gasteiger charge is 2.35. The lowest BCUT2D eigenvalue weighted by Gasteiger charge is -2.26. The Labute approximate surface area is 193 Å². The Hall–Kier alpha value is -2.92. The first-order valence-corrected chi connectivity index (χ1v) is 11.1. The van der Waals surface area contributed by atoms with E-state index in [1.807, 2.05) is 31.9 Å². The highest BCUT2D eigenvalue weighted by atomic mass is 32.1. The summed E-state index contributed by atoms with van der Waals surface area (Å²) < 4.78 is 44.7. The van der Waals surface area contributed by atoms with Crippen molar-refractivity contribution in [3.8, 4) is 0 Å². The quantitative estimate of drug-likeness (QED) is 0.682. The van der Waals surface area contributed by atoms with Gasteiger partial charge in [0.05, 0.1) is 33.5 Å². The number of aliphatic imine (C=N–C) groups is 1. The first kappa shape index (κ1) is 23.2. The molecule has 1 aromatic carbocycles. The number of aromatic nitrogens is 1. The van der Waals surface area contributed by atoms with Gasteiger partial charge in [-0.05, 0) is 38.1 Å². The first-order valence-electron chi connectivity index (χ1n) is 10.3. The second kappa shape index (κ2) is 8.45. The summed E-state index contributed by atoms with van der Waals surface area (Å²) in [5, 5.41) is 6.42. The molecular formula is C22H24F3N5O2S. The zero-order valence-electron chi connectivity index (χ0n) is 18.5. The molecule has 7 nitrogen and oxygen atoms in total. The summed E-state index contributed by atoms with van der Waals surface area (Å²) in [5.74, 6) is 0.323. The molecule has 2 aliphatic rings. The zero-order chi connectivity index (χ0) is 24.0. The minimum absolute atomic E-state index is 0.0781. The Kier molecular flexibility index (Phi) is 5.95. The van der Waals surface area contributed by atoms with E-state index in [1.165, 1.54) is 6.07 Å². The summed E-state index contributed by atoms with van der Waals surface area (Å²) in [6, 6.07) is 3.13. The van der Waals surface area contributed by atoms with E-state index in [0.717, 1.165) is 23.5 Å². The van der Waals surface area contributed by atoms with Crippen LogP contribution in [0.3, 0.4) is 0 Å². The van der Waals surface area contributed by atoms with Gasteiger partial charge in [0.25, 0.3) is 5.91 Å². The number of thiazole rings is 1. The summed E-state index contributed by atoms with van der Waals surface area (Å²) in [4.78, 5) is 23.5. The molecule has 2 N–H and O–H groups in total. The number of carbonyl (C=O) groups excluding carboxylic acids is 1. The van der Waals surface area contributed by atoms with Crippen molar-refractivity contribution < 1.29 is 22.7 Å². The van der Waals surface area contributed by atoms with Gasteiger partial charge in [0, 0.05) is 26.3 Å². The third-order valence-corrected chi connectivity index (χ3v) is 6.58. The number of anilines is 1. The predicted octanol–water partition coefficient (Wildman–Crippen LogP) is 3.80. The number of rotatable bonds is 5. The van der Waals surface area contributed by atoms with E-state index in [9.17, 15) is 18.0 Å². The van der Waals surface area contributed by atoms with Gasteiger partial charge in [-0.15, -0.1) is 0 Å². The SMILES string of the molecule is COC(C)(C)CNC(=O)C1=CC2N=C(Nc3nc4ccc(C(F)(F)F)cc4s3)N(C)C2C=C1. The van der Waals surface area contributed by atoms with Gasteiger partial charge < -0.3 is 20.3 Å². The van der Waals surface area contributed by atoms with Gasteiger partial charge in [0.1, 0.15) is 0 Å². The van der Waals surface area contributed by atoms with E-state index in [2.05, 4.69) is 20.6 Å². The molecule has 1 aliphatic carbocycles. The lowest BCUT2D eigenvalue weighted by Crippen LogP contribution is -2.41. The molecule has 1 aromatic heterocycles. The van der Waals surface area contributed by atoms with Crippen LogP contribution in [0.1, 0.15) is 19.4 Å². The number of ether oxygens (including phenoxy) is 1. The standard InChI is InChI=1S/C22H24F3N5O2S/c1-21(2,32-4)11-26-18(31)12-5-8-16-15(9-12)27-19(30(16)3)29-20-28-14-7-6-13(22(23,24)25)10-17(14)33-20/h5-10,15-16H,11H2,1-4H3,(H,26,31)(H,27,28,29). The number of nitrogens with zero attached hydrogens (tertiary/aromatic N) is 3. The van der Waals surface area contributed by atoms with Crippen LogP contribution in [0.25, 0.3) is 10.2 Å². The average molecular weight is 480 g/mol. The van der Waals surface area contributed by atoms with Crippen LogP contribution in [0.2, 0.25) is 0 Å². The molecule has 2 atom stereocenters. The number of nitrogens with one attached hydrogen (secondary N) is 2. The Morgan fingerprint density at radius 2 is 2.06 bits per heavy atom. The topological polar surface area (TPSA) is 78.8 Å². The molecule has 0 radical (unpaired) electrons. The number of halogens is 3. The summed E-state index contributed by atoms with van der Waals surface area (Å²) in [6.07, 6.45) is 1.08. The molecular weight excluding hydrogens is 455 g/mol. The van der Waals surface area contributed by atoms with Gasteiger partial charge in [-0.3, -0.25) is 4.79 Å². The largest absolute Gasteiger partial charge is 0.416 e. The summed E-state index contributed by atoms with van der Waals surface area (Å²) in [6.45, 7) is 4.13. The molecule has 0 saturated carbocycles. The van der Waals surface area contributed by atoms with Crippen LogP contribution in [0.15, 0.2) is 47.0 Å². The van der Waals surface area contributed by atoms with Crippen LogP contribution in [-0.4, -0.2) is 60.1 Å². The van der Waals surface area contributed by atoms with Gasteiger partial charge in [-0.1, -0.05) is 23.5 Å². The van der Waals surface area contributed by atoms with Gasteiger partial charge in [-0.25, -0.2) is 9.98 Å². The Morgan fingerprint density at radius 1 is 1.30 bits per heavy atom. The molecule has 4 rings (SSSR count).